The molecule has 0 aromatic heterocycles. The summed E-state index contributed by atoms with van der Waals surface area (Å²) in [6, 6.07) is 4.06. The predicted molar refractivity (Wildman–Crippen MR) is 60.0 cm³/mol. The molecule has 0 amide bonds. The normalized spacial score (nSPS) is 11.6. The Morgan fingerprint density at radius 2 is 1.94 bits per heavy atom. The second-order valence-corrected chi connectivity index (χ2v) is 3.77. The topological polar surface area (TPSA) is 35.2 Å². The minimum Gasteiger partial charge on any atom is -0.497 e. The molecule has 2 nitrogen and oxygen atoms in total. The van der Waals surface area contributed by atoms with Gasteiger partial charge in [0.25, 0.3) is 0 Å². The van der Waals surface area contributed by atoms with E-state index in [1.165, 1.54) is 13.2 Å². The van der Waals surface area contributed by atoms with E-state index in [0.29, 0.717) is 24.9 Å². The van der Waals surface area contributed by atoms with E-state index in [1.54, 1.807) is 6.07 Å². The largest absolute Gasteiger partial charge is 0.497 e. The summed E-state index contributed by atoms with van der Waals surface area (Å²) in [5, 5.41) is 0. The molecule has 0 bridgehead atoms. The van der Waals surface area contributed by atoms with Crippen molar-refractivity contribution in [3.8, 4) is 5.75 Å². The highest BCUT2D eigenvalue weighted by Gasteiger charge is 2.33. The van der Waals surface area contributed by atoms with Crippen LogP contribution in [0.15, 0.2) is 18.2 Å². The number of rotatable bonds is 5. The zero-order valence-electron chi connectivity index (χ0n) is 9.68. The molecule has 96 valence electrons. The lowest BCUT2D eigenvalue weighted by atomic mass is 10.0. The Hall–Kier alpha value is -1.23. The van der Waals surface area contributed by atoms with E-state index >= 15 is 0 Å². The SMILES string of the molecule is COc1ccc(CCCCN)c(C(F)(F)F)c1. The quantitative estimate of drug-likeness (QED) is 0.812. The number of methoxy groups -OCH3 is 1. The predicted octanol–water partition coefficient (Wildman–Crippen LogP) is 3.00. The molecule has 0 aliphatic carbocycles. The van der Waals surface area contributed by atoms with Crippen molar-refractivity contribution in [2.24, 2.45) is 5.73 Å². The Bertz CT molecular complexity index is 363. The Morgan fingerprint density at radius 1 is 1.24 bits per heavy atom. The average molecular weight is 247 g/mol. The van der Waals surface area contributed by atoms with Gasteiger partial charge in [-0.25, -0.2) is 0 Å². The molecule has 17 heavy (non-hydrogen) atoms. The molecule has 0 unspecified atom stereocenters. The zero-order chi connectivity index (χ0) is 12.9. The van der Waals surface area contributed by atoms with E-state index in [4.69, 9.17) is 10.5 Å². The Balaban J connectivity index is 2.95. The molecular formula is C12H16F3NO. The second kappa shape index (κ2) is 5.91. The molecule has 0 aliphatic rings. The number of aryl methyl sites for hydroxylation is 1. The van der Waals surface area contributed by atoms with Gasteiger partial charge in [0, 0.05) is 0 Å². The second-order valence-electron chi connectivity index (χ2n) is 3.77. The summed E-state index contributed by atoms with van der Waals surface area (Å²) in [4.78, 5) is 0. The van der Waals surface area contributed by atoms with E-state index in [1.807, 2.05) is 0 Å². The Labute approximate surface area is 98.6 Å². The van der Waals surface area contributed by atoms with E-state index < -0.39 is 11.7 Å². The van der Waals surface area contributed by atoms with E-state index in [9.17, 15) is 13.2 Å². The highest BCUT2D eigenvalue weighted by molar-refractivity contribution is 5.37. The lowest BCUT2D eigenvalue weighted by Crippen LogP contribution is -2.10. The third kappa shape index (κ3) is 3.93. The van der Waals surface area contributed by atoms with Crippen LogP contribution in [0.2, 0.25) is 0 Å². The molecule has 1 aromatic rings. The summed E-state index contributed by atoms with van der Waals surface area (Å²) in [5.41, 5.74) is 5.00. The zero-order valence-corrected chi connectivity index (χ0v) is 9.68. The first kappa shape index (κ1) is 13.8. The standard InChI is InChI=1S/C12H16F3NO/c1-17-10-6-5-9(4-2-3-7-16)11(8-10)12(13,14)15/h5-6,8H,2-4,7,16H2,1H3. The van der Waals surface area contributed by atoms with Crippen molar-refractivity contribution in [2.45, 2.75) is 25.4 Å². The van der Waals surface area contributed by atoms with Gasteiger partial charge in [0.05, 0.1) is 12.7 Å². The van der Waals surface area contributed by atoms with Gasteiger partial charge in [-0.3, -0.25) is 0 Å². The smallest absolute Gasteiger partial charge is 0.416 e. The van der Waals surface area contributed by atoms with Gasteiger partial charge in [-0.1, -0.05) is 6.07 Å². The molecule has 0 radical (unpaired) electrons. The summed E-state index contributed by atoms with van der Waals surface area (Å²) in [5.74, 6) is 0.222. The molecule has 0 saturated carbocycles. The van der Waals surface area contributed by atoms with Crippen LogP contribution in [-0.2, 0) is 12.6 Å². The number of nitrogens with two attached hydrogens (primary N) is 1. The molecule has 0 fully saturated rings. The van der Waals surface area contributed by atoms with Crippen LogP contribution in [0.3, 0.4) is 0 Å². The van der Waals surface area contributed by atoms with Gasteiger partial charge in [-0.2, -0.15) is 13.2 Å². The van der Waals surface area contributed by atoms with Gasteiger partial charge in [0.2, 0.25) is 0 Å². The van der Waals surface area contributed by atoms with Crippen molar-refractivity contribution in [3.63, 3.8) is 0 Å². The minimum absolute atomic E-state index is 0.222. The summed E-state index contributed by atoms with van der Waals surface area (Å²) in [6.07, 6.45) is -2.57. The van der Waals surface area contributed by atoms with Gasteiger partial charge in [0.15, 0.2) is 0 Å². The summed E-state index contributed by atoms with van der Waals surface area (Å²) in [7, 11) is 1.35. The third-order valence-corrected chi connectivity index (χ3v) is 2.52. The van der Waals surface area contributed by atoms with Crippen molar-refractivity contribution in [2.75, 3.05) is 13.7 Å². The fourth-order valence-corrected chi connectivity index (χ4v) is 1.62. The first-order valence-corrected chi connectivity index (χ1v) is 5.43. The molecule has 0 saturated heterocycles. The summed E-state index contributed by atoms with van der Waals surface area (Å²) < 4.78 is 43.2. The number of hydrogen-bond acceptors (Lipinski definition) is 2. The number of alkyl halides is 3. The average Bonchev–Trinajstić information content (AvgIpc) is 2.28. The number of unbranched alkanes of at least 4 members (excludes halogenated alkanes) is 1. The number of benzene rings is 1. The third-order valence-electron chi connectivity index (χ3n) is 2.52. The lowest BCUT2D eigenvalue weighted by molar-refractivity contribution is -0.138. The summed E-state index contributed by atoms with van der Waals surface area (Å²) in [6.45, 7) is 0.498. The molecule has 0 atom stereocenters. The van der Waals surface area contributed by atoms with Crippen molar-refractivity contribution >= 4 is 0 Å². The number of hydrogen-bond donors (Lipinski definition) is 1. The van der Waals surface area contributed by atoms with Crippen LogP contribution in [0.1, 0.15) is 24.0 Å². The number of ether oxygens (including phenoxy) is 1. The van der Waals surface area contributed by atoms with Gasteiger partial charge >= 0.3 is 6.18 Å². The monoisotopic (exact) mass is 247 g/mol. The van der Waals surface area contributed by atoms with E-state index in [0.717, 1.165) is 12.5 Å². The van der Waals surface area contributed by atoms with Crippen LogP contribution in [0.4, 0.5) is 13.2 Å². The molecule has 1 rings (SSSR count). The van der Waals surface area contributed by atoms with Gasteiger partial charge in [-0.15, -0.1) is 0 Å². The van der Waals surface area contributed by atoms with Gasteiger partial charge in [0.1, 0.15) is 5.75 Å². The molecule has 1 aromatic carbocycles. The summed E-state index contributed by atoms with van der Waals surface area (Å²) >= 11 is 0. The minimum atomic E-state index is -4.34. The van der Waals surface area contributed by atoms with E-state index in [-0.39, 0.29) is 5.75 Å². The first-order valence-electron chi connectivity index (χ1n) is 5.43. The van der Waals surface area contributed by atoms with Crippen LogP contribution in [0, 0.1) is 0 Å². The van der Waals surface area contributed by atoms with E-state index in [2.05, 4.69) is 0 Å². The van der Waals surface area contributed by atoms with Crippen LogP contribution < -0.4 is 10.5 Å². The molecule has 0 aliphatic heterocycles. The maximum Gasteiger partial charge on any atom is 0.416 e. The van der Waals surface area contributed by atoms with Crippen LogP contribution in [0.5, 0.6) is 5.75 Å². The maximum absolute atomic E-state index is 12.8. The fraction of sp³-hybridized carbons (Fsp3) is 0.500. The van der Waals surface area contributed by atoms with Gasteiger partial charge < -0.3 is 10.5 Å². The first-order chi connectivity index (χ1) is 7.99. The van der Waals surface area contributed by atoms with Crippen molar-refractivity contribution in [1.29, 1.82) is 0 Å². The van der Waals surface area contributed by atoms with Crippen molar-refractivity contribution < 1.29 is 17.9 Å². The number of halogens is 3. The maximum atomic E-state index is 12.8. The lowest BCUT2D eigenvalue weighted by Gasteiger charge is -2.14. The van der Waals surface area contributed by atoms with Crippen LogP contribution >= 0.6 is 0 Å². The molecule has 0 spiro atoms. The van der Waals surface area contributed by atoms with Crippen LogP contribution in [0.25, 0.3) is 0 Å². The van der Waals surface area contributed by atoms with Crippen molar-refractivity contribution in [3.05, 3.63) is 29.3 Å². The molecule has 0 heterocycles. The van der Waals surface area contributed by atoms with Crippen LogP contribution in [-0.4, -0.2) is 13.7 Å². The highest BCUT2D eigenvalue weighted by atomic mass is 19.4. The molecule has 5 heteroatoms. The molecular weight excluding hydrogens is 231 g/mol. The van der Waals surface area contributed by atoms with Crippen molar-refractivity contribution in [1.82, 2.24) is 0 Å². The van der Waals surface area contributed by atoms with Gasteiger partial charge in [-0.05, 0) is 43.5 Å². The Morgan fingerprint density at radius 3 is 2.47 bits per heavy atom. The molecule has 2 N–H and O–H groups in total. The fourth-order valence-electron chi connectivity index (χ4n) is 1.62. The highest BCUT2D eigenvalue weighted by Crippen LogP contribution is 2.34. The Kier molecular flexibility index (Phi) is 4.81.